The van der Waals surface area contributed by atoms with Crippen molar-refractivity contribution in [3.05, 3.63) is 34.3 Å². The summed E-state index contributed by atoms with van der Waals surface area (Å²) in [5.74, 6) is -0.773. The maximum atomic E-state index is 11.8. The first kappa shape index (κ1) is 19.2. The maximum absolute atomic E-state index is 11.8. The van der Waals surface area contributed by atoms with Crippen molar-refractivity contribution >= 4 is 33.7 Å². The minimum absolute atomic E-state index is 0.0727. The second kappa shape index (κ2) is 8.67. The predicted octanol–water partition coefficient (Wildman–Crippen LogP) is 1.60. The molecule has 0 aliphatic rings. The number of amides is 3. The van der Waals surface area contributed by atoms with Crippen molar-refractivity contribution in [1.82, 2.24) is 16.0 Å². The zero-order valence-electron chi connectivity index (χ0n) is 13.5. The monoisotopic (exact) mass is 383 g/mol. The number of halogens is 1. The molecule has 0 aliphatic carbocycles. The first-order valence-electron chi connectivity index (χ1n) is 7.29. The van der Waals surface area contributed by atoms with E-state index in [9.17, 15) is 14.4 Å². The van der Waals surface area contributed by atoms with Gasteiger partial charge in [0, 0.05) is 28.5 Å². The fourth-order valence-electron chi connectivity index (χ4n) is 1.72. The zero-order chi connectivity index (χ0) is 17.5. The van der Waals surface area contributed by atoms with Gasteiger partial charge in [-0.3, -0.25) is 14.4 Å². The summed E-state index contributed by atoms with van der Waals surface area (Å²) in [5.41, 5.74) is 0.193. The normalized spacial score (nSPS) is 10.8. The van der Waals surface area contributed by atoms with E-state index in [1.54, 1.807) is 24.3 Å². The highest BCUT2D eigenvalue weighted by molar-refractivity contribution is 9.10. The van der Waals surface area contributed by atoms with Crippen LogP contribution < -0.4 is 16.0 Å². The molecule has 0 spiro atoms. The van der Waals surface area contributed by atoms with Crippen molar-refractivity contribution in [2.45, 2.75) is 32.7 Å². The van der Waals surface area contributed by atoms with Crippen molar-refractivity contribution < 1.29 is 14.4 Å². The van der Waals surface area contributed by atoms with Gasteiger partial charge in [0.15, 0.2) is 0 Å². The van der Waals surface area contributed by atoms with Gasteiger partial charge in [0.1, 0.15) is 0 Å². The molecule has 0 saturated carbocycles. The first-order valence-corrected chi connectivity index (χ1v) is 8.08. The van der Waals surface area contributed by atoms with Gasteiger partial charge < -0.3 is 16.0 Å². The van der Waals surface area contributed by atoms with E-state index in [1.165, 1.54) is 0 Å². The molecular formula is C16H22BrN3O3. The third-order valence-corrected chi connectivity index (χ3v) is 3.23. The Hall–Kier alpha value is -1.89. The Morgan fingerprint density at radius 3 is 2.17 bits per heavy atom. The summed E-state index contributed by atoms with van der Waals surface area (Å²) in [7, 11) is 0. The summed E-state index contributed by atoms with van der Waals surface area (Å²) < 4.78 is 0.891. The third-order valence-electron chi connectivity index (χ3n) is 2.70. The molecule has 0 saturated heterocycles. The van der Waals surface area contributed by atoms with E-state index in [-0.39, 0.29) is 42.8 Å². The molecule has 7 heteroatoms. The second-order valence-electron chi connectivity index (χ2n) is 6.09. The summed E-state index contributed by atoms with van der Waals surface area (Å²) >= 11 is 3.30. The van der Waals surface area contributed by atoms with Crippen LogP contribution in [0.3, 0.4) is 0 Å². The minimum Gasteiger partial charge on any atom is -0.352 e. The van der Waals surface area contributed by atoms with E-state index in [0.29, 0.717) is 5.56 Å². The van der Waals surface area contributed by atoms with Gasteiger partial charge in [-0.05, 0) is 45.0 Å². The van der Waals surface area contributed by atoms with Gasteiger partial charge in [-0.15, -0.1) is 0 Å². The van der Waals surface area contributed by atoms with Crippen LogP contribution in [0, 0.1) is 0 Å². The maximum Gasteiger partial charge on any atom is 0.251 e. The molecule has 0 unspecified atom stereocenters. The number of benzene rings is 1. The molecule has 0 aliphatic heterocycles. The fourth-order valence-corrected chi connectivity index (χ4v) is 1.99. The van der Waals surface area contributed by atoms with E-state index >= 15 is 0 Å². The highest BCUT2D eigenvalue weighted by Gasteiger charge is 2.14. The van der Waals surface area contributed by atoms with Crippen LogP contribution in [0.2, 0.25) is 0 Å². The number of carbonyl (C=O) groups excluding carboxylic acids is 3. The highest BCUT2D eigenvalue weighted by atomic mass is 79.9. The average Bonchev–Trinajstić information content (AvgIpc) is 2.44. The lowest BCUT2D eigenvalue weighted by Gasteiger charge is -2.20. The molecule has 126 valence electrons. The molecule has 6 nitrogen and oxygen atoms in total. The summed E-state index contributed by atoms with van der Waals surface area (Å²) in [4.78, 5) is 35.0. The largest absolute Gasteiger partial charge is 0.352 e. The summed E-state index contributed by atoms with van der Waals surface area (Å²) in [6.45, 7) is 5.73. The van der Waals surface area contributed by atoms with Crippen LogP contribution in [0.5, 0.6) is 0 Å². The standard InChI is InChI=1S/C16H22BrN3O3/c1-16(2,3)20-14(22)10-19-13(21)8-9-18-15(23)11-4-6-12(17)7-5-11/h4-7H,8-10H2,1-3H3,(H,18,23)(H,19,21)(H,20,22). The number of carbonyl (C=O) groups is 3. The molecule has 1 rings (SSSR count). The molecule has 1 aromatic carbocycles. The lowest BCUT2D eigenvalue weighted by atomic mass is 10.1. The summed E-state index contributed by atoms with van der Waals surface area (Å²) in [6.07, 6.45) is 0.116. The molecule has 0 aromatic heterocycles. The van der Waals surface area contributed by atoms with Crippen molar-refractivity contribution in [1.29, 1.82) is 0 Å². The lowest BCUT2D eigenvalue weighted by molar-refractivity contribution is -0.126. The quantitative estimate of drug-likeness (QED) is 0.696. The third kappa shape index (κ3) is 8.35. The number of rotatable bonds is 6. The van der Waals surface area contributed by atoms with Crippen LogP contribution in [-0.2, 0) is 9.59 Å². The van der Waals surface area contributed by atoms with Crippen molar-refractivity contribution in [3.63, 3.8) is 0 Å². The minimum atomic E-state index is -0.333. The Morgan fingerprint density at radius 1 is 1.00 bits per heavy atom. The Bertz CT molecular complexity index is 565. The number of hydrogen-bond donors (Lipinski definition) is 3. The molecule has 0 fully saturated rings. The highest BCUT2D eigenvalue weighted by Crippen LogP contribution is 2.10. The van der Waals surface area contributed by atoms with Crippen LogP contribution in [0.4, 0.5) is 0 Å². The molecule has 0 atom stereocenters. The summed E-state index contributed by atoms with van der Waals surface area (Å²) in [5, 5.41) is 7.92. The van der Waals surface area contributed by atoms with E-state index in [0.717, 1.165) is 4.47 Å². The zero-order valence-corrected chi connectivity index (χ0v) is 15.1. The Morgan fingerprint density at radius 2 is 1.61 bits per heavy atom. The summed E-state index contributed by atoms with van der Waals surface area (Å²) in [6, 6.07) is 6.93. The molecular weight excluding hydrogens is 362 g/mol. The van der Waals surface area contributed by atoms with Gasteiger partial charge in [0.2, 0.25) is 11.8 Å². The van der Waals surface area contributed by atoms with Crippen LogP contribution >= 0.6 is 15.9 Å². The van der Waals surface area contributed by atoms with Crippen LogP contribution in [0.1, 0.15) is 37.6 Å². The van der Waals surface area contributed by atoms with Crippen molar-refractivity contribution in [2.24, 2.45) is 0 Å². The molecule has 3 N–H and O–H groups in total. The number of nitrogens with one attached hydrogen (secondary N) is 3. The van der Waals surface area contributed by atoms with E-state index in [4.69, 9.17) is 0 Å². The van der Waals surface area contributed by atoms with E-state index in [2.05, 4.69) is 31.9 Å². The van der Waals surface area contributed by atoms with Gasteiger partial charge in [0.25, 0.3) is 5.91 Å². The van der Waals surface area contributed by atoms with Crippen molar-refractivity contribution in [3.8, 4) is 0 Å². The van der Waals surface area contributed by atoms with Gasteiger partial charge in [0.05, 0.1) is 6.54 Å². The lowest BCUT2D eigenvalue weighted by Crippen LogP contribution is -2.46. The Labute approximate surface area is 144 Å². The molecule has 1 aromatic rings. The molecule has 0 radical (unpaired) electrons. The van der Waals surface area contributed by atoms with E-state index in [1.807, 2.05) is 20.8 Å². The predicted molar refractivity (Wildman–Crippen MR) is 92.0 cm³/mol. The molecule has 0 bridgehead atoms. The molecule has 0 heterocycles. The molecule has 3 amide bonds. The fraction of sp³-hybridized carbons (Fsp3) is 0.438. The van der Waals surface area contributed by atoms with Crippen molar-refractivity contribution in [2.75, 3.05) is 13.1 Å². The Kier molecular flexibility index (Phi) is 7.22. The van der Waals surface area contributed by atoms with Gasteiger partial charge >= 0.3 is 0 Å². The SMILES string of the molecule is CC(C)(C)NC(=O)CNC(=O)CCNC(=O)c1ccc(Br)cc1. The second-order valence-corrected chi connectivity index (χ2v) is 7.00. The number of hydrogen-bond acceptors (Lipinski definition) is 3. The topological polar surface area (TPSA) is 87.3 Å². The van der Waals surface area contributed by atoms with Crippen LogP contribution in [-0.4, -0.2) is 36.3 Å². The van der Waals surface area contributed by atoms with E-state index < -0.39 is 0 Å². The van der Waals surface area contributed by atoms with Crippen LogP contribution in [0.15, 0.2) is 28.7 Å². The average molecular weight is 384 g/mol. The first-order chi connectivity index (χ1) is 10.7. The van der Waals surface area contributed by atoms with Gasteiger partial charge in [-0.25, -0.2) is 0 Å². The molecule has 23 heavy (non-hydrogen) atoms. The van der Waals surface area contributed by atoms with Gasteiger partial charge in [-0.2, -0.15) is 0 Å². The van der Waals surface area contributed by atoms with Gasteiger partial charge in [-0.1, -0.05) is 15.9 Å². The van der Waals surface area contributed by atoms with Crippen LogP contribution in [0.25, 0.3) is 0 Å². The Balaban J connectivity index is 2.25. The smallest absolute Gasteiger partial charge is 0.251 e.